The highest BCUT2D eigenvalue weighted by Crippen LogP contribution is 2.25. The first-order valence-corrected chi connectivity index (χ1v) is 9.99. The fourth-order valence-corrected chi connectivity index (χ4v) is 3.64. The molecule has 0 aliphatic rings. The zero-order valence-corrected chi connectivity index (χ0v) is 18.1. The van der Waals surface area contributed by atoms with E-state index < -0.39 is 12.0 Å². The number of esters is 1. The largest absolute Gasteiger partial charge is 0.461 e. The first-order chi connectivity index (χ1) is 13.8. The predicted molar refractivity (Wildman–Crippen MR) is 112 cm³/mol. The van der Waals surface area contributed by atoms with E-state index in [2.05, 4.69) is 0 Å². The minimum atomic E-state index is -0.655. The van der Waals surface area contributed by atoms with Crippen molar-refractivity contribution in [1.82, 2.24) is 9.47 Å². The van der Waals surface area contributed by atoms with Crippen LogP contribution in [-0.2, 0) is 11.8 Å². The minimum absolute atomic E-state index is 0.176. The Labute approximate surface area is 172 Å². The van der Waals surface area contributed by atoms with Crippen LogP contribution in [0, 0.1) is 13.8 Å². The van der Waals surface area contributed by atoms with Crippen molar-refractivity contribution in [2.45, 2.75) is 47.1 Å². The SMILES string of the molecule is CCCN(C(=O)c1ccccc1)C(C)C(=O)c1c(C)c(C(=O)OCC)n(C)c1C. The number of benzene rings is 1. The van der Waals surface area contributed by atoms with Crippen LogP contribution in [0.25, 0.3) is 0 Å². The van der Waals surface area contributed by atoms with E-state index in [9.17, 15) is 14.4 Å². The van der Waals surface area contributed by atoms with E-state index in [1.807, 2.05) is 13.0 Å². The van der Waals surface area contributed by atoms with Gasteiger partial charge < -0.3 is 14.2 Å². The summed E-state index contributed by atoms with van der Waals surface area (Å²) in [5.74, 6) is -0.804. The van der Waals surface area contributed by atoms with Crippen LogP contribution in [0.2, 0.25) is 0 Å². The lowest BCUT2D eigenvalue weighted by Gasteiger charge is -2.28. The van der Waals surface area contributed by atoms with Gasteiger partial charge in [-0.3, -0.25) is 9.59 Å². The molecule has 0 saturated heterocycles. The van der Waals surface area contributed by atoms with Crippen molar-refractivity contribution >= 4 is 17.7 Å². The molecule has 2 aromatic rings. The summed E-state index contributed by atoms with van der Waals surface area (Å²) in [4.78, 5) is 40.4. The van der Waals surface area contributed by atoms with Crippen LogP contribution in [0.5, 0.6) is 0 Å². The number of Topliss-reactive ketones (excluding diaryl/α,β-unsaturated/α-hetero) is 1. The third-order valence-electron chi connectivity index (χ3n) is 5.24. The van der Waals surface area contributed by atoms with Crippen molar-refractivity contribution in [3.8, 4) is 0 Å². The molecule has 0 N–H and O–H groups in total. The number of hydrogen-bond donors (Lipinski definition) is 0. The topological polar surface area (TPSA) is 68.6 Å². The lowest BCUT2D eigenvalue weighted by atomic mass is 9.99. The summed E-state index contributed by atoms with van der Waals surface area (Å²) in [6.07, 6.45) is 0.733. The lowest BCUT2D eigenvalue weighted by Crippen LogP contribution is -2.44. The van der Waals surface area contributed by atoms with Gasteiger partial charge in [-0.1, -0.05) is 25.1 Å². The van der Waals surface area contributed by atoms with Gasteiger partial charge in [0.2, 0.25) is 0 Å². The van der Waals surface area contributed by atoms with Gasteiger partial charge in [0.05, 0.1) is 12.6 Å². The van der Waals surface area contributed by atoms with Crippen LogP contribution in [0.3, 0.4) is 0 Å². The molecule has 1 aromatic heterocycles. The molecule has 0 fully saturated rings. The molecule has 6 nitrogen and oxygen atoms in total. The Hall–Kier alpha value is -2.89. The number of carbonyl (C=O) groups is 3. The second-order valence-corrected chi connectivity index (χ2v) is 7.12. The molecule has 29 heavy (non-hydrogen) atoms. The van der Waals surface area contributed by atoms with E-state index in [1.165, 1.54) is 0 Å². The Balaban J connectivity index is 2.43. The van der Waals surface area contributed by atoms with E-state index in [0.29, 0.717) is 34.6 Å². The van der Waals surface area contributed by atoms with Gasteiger partial charge in [0, 0.05) is 30.4 Å². The van der Waals surface area contributed by atoms with Crippen molar-refractivity contribution in [1.29, 1.82) is 0 Å². The standard InChI is InChI=1S/C23H30N2O4/c1-7-14-25(22(27)18-12-10-9-11-13-18)17(5)21(26)19-15(3)20(23(28)29-8-2)24(6)16(19)4/h9-13,17H,7-8,14H2,1-6H3. The molecule has 0 aliphatic carbocycles. The fraction of sp³-hybridized carbons (Fsp3) is 0.435. The molecule has 0 aliphatic heterocycles. The number of ketones is 1. The Morgan fingerprint density at radius 2 is 1.72 bits per heavy atom. The zero-order chi connectivity index (χ0) is 21.7. The zero-order valence-electron chi connectivity index (χ0n) is 18.1. The molecule has 2 rings (SSSR count). The molecule has 1 unspecified atom stereocenters. The van der Waals surface area contributed by atoms with Gasteiger partial charge in [0.1, 0.15) is 5.69 Å². The Kier molecular flexibility index (Phi) is 7.37. The van der Waals surface area contributed by atoms with Gasteiger partial charge in [-0.15, -0.1) is 0 Å². The van der Waals surface area contributed by atoms with Crippen LogP contribution in [-0.4, -0.2) is 46.3 Å². The summed E-state index contributed by atoms with van der Waals surface area (Å²) in [5, 5.41) is 0. The molecule has 0 bridgehead atoms. The molecule has 156 valence electrons. The number of ether oxygens (including phenoxy) is 1. The van der Waals surface area contributed by atoms with E-state index >= 15 is 0 Å². The average Bonchev–Trinajstić information content (AvgIpc) is 2.94. The molecule has 6 heteroatoms. The molecule has 1 aromatic carbocycles. The van der Waals surface area contributed by atoms with Crippen molar-refractivity contribution in [2.24, 2.45) is 7.05 Å². The van der Waals surface area contributed by atoms with E-state index in [4.69, 9.17) is 4.74 Å². The summed E-state index contributed by atoms with van der Waals surface area (Å²) in [6, 6.07) is 8.31. The summed E-state index contributed by atoms with van der Waals surface area (Å²) < 4.78 is 6.84. The monoisotopic (exact) mass is 398 g/mol. The van der Waals surface area contributed by atoms with Crippen molar-refractivity contribution in [3.05, 3.63) is 58.4 Å². The highest BCUT2D eigenvalue weighted by Gasteiger charge is 2.32. The van der Waals surface area contributed by atoms with Gasteiger partial charge in [0.25, 0.3) is 5.91 Å². The molecule has 1 atom stereocenters. The van der Waals surface area contributed by atoms with Crippen LogP contribution < -0.4 is 0 Å². The Morgan fingerprint density at radius 3 is 2.28 bits per heavy atom. The first-order valence-electron chi connectivity index (χ1n) is 9.99. The third kappa shape index (κ3) is 4.42. The van der Waals surface area contributed by atoms with Gasteiger partial charge >= 0.3 is 5.97 Å². The van der Waals surface area contributed by atoms with Gasteiger partial charge in [0.15, 0.2) is 5.78 Å². The molecule has 1 heterocycles. The number of nitrogens with zero attached hydrogens (tertiary/aromatic N) is 2. The maximum atomic E-state index is 13.4. The number of hydrogen-bond acceptors (Lipinski definition) is 4. The average molecular weight is 399 g/mol. The molecule has 1 amide bonds. The first kappa shape index (κ1) is 22.4. The molecular formula is C23H30N2O4. The number of rotatable bonds is 8. The predicted octanol–water partition coefficient (Wildman–Crippen LogP) is 3.94. The van der Waals surface area contributed by atoms with Gasteiger partial charge in [-0.05, 0) is 51.8 Å². The van der Waals surface area contributed by atoms with E-state index in [0.717, 1.165) is 6.42 Å². The number of amides is 1. The summed E-state index contributed by atoms with van der Waals surface area (Å²) in [5.41, 5.74) is 2.67. The van der Waals surface area contributed by atoms with Crippen LogP contribution in [0.15, 0.2) is 30.3 Å². The van der Waals surface area contributed by atoms with Gasteiger partial charge in [-0.2, -0.15) is 0 Å². The maximum Gasteiger partial charge on any atom is 0.355 e. The normalized spacial score (nSPS) is 11.8. The van der Waals surface area contributed by atoms with Gasteiger partial charge in [-0.25, -0.2) is 4.79 Å². The van der Waals surface area contributed by atoms with Crippen LogP contribution >= 0.6 is 0 Å². The highest BCUT2D eigenvalue weighted by molar-refractivity contribution is 6.07. The number of aromatic nitrogens is 1. The fourth-order valence-electron chi connectivity index (χ4n) is 3.64. The second kappa shape index (κ2) is 9.54. The Morgan fingerprint density at radius 1 is 1.10 bits per heavy atom. The molecule has 0 spiro atoms. The van der Waals surface area contributed by atoms with E-state index in [-0.39, 0.29) is 18.3 Å². The smallest absolute Gasteiger partial charge is 0.355 e. The van der Waals surface area contributed by atoms with Crippen molar-refractivity contribution in [2.75, 3.05) is 13.2 Å². The van der Waals surface area contributed by atoms with Crippen molar-refractivity contribution in [3.63, 3.8) is 0 Å². The third-order valence-corrected chi connectivity index (χ3v) is 5.24. The quantitative estimate of drug-likeness (QED) is 0.499. The lowest BCUT2D eigenvalue weighted by molar-refractivity contribution is 0.0513. The summed E-state index contributed by atoms with van der Waals surface area (Å²) >= 11 is 0. The van der Waals surface area contributed by atoms with Crippen LogP contribution in [0.1, 0.15) is 69.7 Å². The van der Waals surface area contributed by atoms with Crippen LogP contribution in [0.4, 0.5) is 0 Å². The number of carbonyl (C=O) groups excluding carboxylic acids is 3. The second-order valence-electron chi connectivity index (χ2n) is 7.12. The van der Waals surface area contributed by atoms with E-state index in [1.54, 1.807) is 68.5 Å². The highest BCUT2D eigenvalue weighted by atomic mass is 16.5. The summed E-state index contributed by atoms with van der Waals surface area (Å²) in [6.45, 7) is 9.75. The van der Waals surface area contributed by atoms with Crippen molar-refractivity contribution < 1.29 is 19.1 Å². The summed E-state index contributed by atoms with van der Waals surface area (Å²) in [7, 11) is 1.75. The molecule has 0 saturated carbocycles. The molecular weight excluding hydrogens is 368 g/mol. The maximum absolute atomic E-state index is 13.4. The molecule has 0 radical (unpaired) electrons. The minimum Gasteiger partial charge on any atom is -0.461 e. The Bertz CT molecular complexity index is 899.